The lowest BCUT2D eigenvalue weighted by molar-refractivity contribution is 0.0989. The highest BCUT2D eigenvalue weighted by Crippen LogP contribution is 2.23. The zero-order valence-corrected chi connectivity index (χ0v) is 16.1. The number of para-hydroxylation sites is 1. The van der Waals surface area contributed by atoms with Crippen molar-refractivity contribution in [3.8, 4) is 5.75 Å². The highest BCUT2D eigenvalue weighted by Gasteiger charge is 2.17. The summed E-state index contributed by atoms with van der Waals surface area (Å²) in [5.41, 5.74) is 1.80. The summed E-state index contributed by atoms with van der Waals surface area (Å²) in [5.74, 6) is -0.0302. The first-order valence-corrected chi connectivity index (χ1v) is 9.09. The van der Waals surface area contributed by atoms with Crippen molar-refractivity contribution in [2.24, 2.45) is 0 Å². The summed E-state index contributed by atoms with van der Waals surface area (Å²) >= 11 is 6.10. The number of carbonyl (C=O) groups is 1. The molecule has 3 aromatic carbocycles. The molecule has 0 aliphatic carbocycles. The molecule has 0 radical (unpaired) electrons. The highest BCUT2D eigenvalue weighted by atomic mass is 35.5. The van der Waals surface area contributed by atoms with Gasteiger partial charge in [0.2, 0.25) is 0 Å². The van der Waals surface area contributed by atoms with Gasteiger partial charge in [-0.05, 0) is 42.5 Å². The summed E-state index contributed by atoms with van der Waals surface area (Å²) in [6, 6.07) is 20.2. The van der Waals surface area contributed by atoms with Crippen molar-refractivity contribution < 1.29 is 13.9 Å². The molecule has 28 heavy (non-hydrogen) atoms. The molecule has 0 atom stereocenters. The molecule has 3 rings (SSSR count). The van der Waals surface area contributed by atoms with E-state index in [1.807, 2.05) is 36.4 Å². The second-order valence-corrected chi connectivity index (χ2v) is 6.49. The van der Waals surface area contributed by atoms with Crippen molar-refractivity contribution in [1.82, 2.24) is 0 Å². The van der Waals surface area contributed by atoms with Gasteiger partial charge < -0.3 is 9.64 Å². The number of anilines is 1. The summed E-state index contributed by atoms with van der Waals surface area (Å²) in [6.07, 6.45) is 3.74. The topological polar surface area (TPSA) is 29.5 Å². The van der Waals surface area contributed by atoms with Crippen molar-refractivity contribution in [2.75, 3.05) is 18.6 Å². The second-order valence-electron chi connectivity index (χ2n) is 6.05. The van der Waals surface area contributed by atoms with Crippen LogP contribution in [0.5, 0.6) is 5.75 Å². The summed E-state index contributed by atoms with van der Waals surface area (Å²) in [7, 11) is 1.61. The Morgan fingerprint density at radius 2 is 1.86 bits per heavy atom. The van der Waals surface area contributed by atoms with E-state index < -0.39 is 5.82 Å². The molecule has 0 aliphatic rings. The van der Waals surface area contributed by atoms with Gasteiger partial charge in [0.25, 0.3) is 5.91 Å². The van der Waals surface area contributed by atoms with Crippen LogP contribution in [0.3, 0.4) is 0 Å². The molecule has 0 fully saturated rings. The molecule has 0 saturated carbocycles. The standard InChI is InChI=1S/C23H19ClFNO2/c1-28-22-13-3-2-7-17(22)9-6-14-26(21-12-5-10-19(24)16-21)23(27)18-8-4-11-20(25)15-18/h2-13,15-16H,14H2,1H3/b9-6+. The third kappa shape index (κ3) is 4.78. The zero-order chi connectivity index (χ0) is 19.9. The van der Waals surface area contributed by atoms with Crippen LogP contribution in [-0.4, -0.2) is 19.6 Å². The Kier molecular flexibility index (Phi) is 6.45. The number of benzene rings is 3. The molecular weight excluding hydrogens is 377 g/mol. The van der Waals surface area contributed by atoms with E-state index in [-0.39, 0.29) is 18.0 Å². The largest absolute Gasteiger partial charge is 0.496 e. The van der Waals surface area contributed by atoms with Crippen LogP contribution < -0.4 is 9.64 Å². The van der Waals surface area contributed by atoms with E-state index in [1.165, 1.54) is 18.2 Å². The van der Waals surface area contributed by atoms with E-state index in [1.54, 1.807) is 42.3 Å². The summed E-state index contributed by atoms with van der Waals surface area (Å²) in [6.45, 7) is 0.285. The molecule has 5 heteroatoms. The average molecular weight is 396 g/mol. The van der Waals surface area contributed by atoms with Gasteiger partial charge in [0.15, 0.2) is 0 Å². The number of rotatable bonds is 6. The van der Waals surface area contributed by atoms with Crippen LogP contribution in [0.25, 0.3) is 6.08 Å². The van der Waals surface area contributed by atoms with E-state index in [0.717, 1.165) is 11.3 Å². The Morgan fingerprint density at radius 1 is 1.07 bits per heavy atom. The first kappa shape index (κ1) is 19.6. The van der Waals surface area contributed by atoms with Crippen molar-refractivity contribution in [1.29, 1.82) is 0 Å². The van der Waals surface area contributed by atoms with E-state index in [2.05, 4.69) is 0 Å². The average Bonchev–Trinajstić information content (AvgIpc) is 2.71. The molecule has 142 valence electrons. The van der Waals surface area contributed by atoms with Gasteiger partial charge in [-0.3, -0.25) is 4.79 Å². The minimum Gasteiger partial charge on any atom is -0.496 e. The molecule has 0 unspecified atom stereocenters. The van der Waals surface area contributed by atoms with Crippen LogP contribution in [-0.2, 0) is 0 Å². The van der Waals surface area contributed by atoms with Crippen molar-refractivity contribution >= 4 is 29.3 Å². The molecule has 3 aromatic rings. The number of carbonyl (C=O) groups excluding carboxylic acids is 1. The van der Waals surface area contributed by atoms with E-state index >= 15 is 0 Å². The van der Waals surface area contributed by atoms with Gasteiger partial charge >= 0.3 is 0 Å². The normalized spacial score (nSPS) is 10.8. The predicted octanol–water partition coefficient (Wildman–Crippen LogP) is 5.85. The maximum atomic E-state index is 13.6. The van der Waals surface area contributed by atoms with Crippen LogP contribution >= 0.6 is 11.6 Å². The fourth-order valence-electron chi connectivity index (χ4n) is 2.82. The number of methoxy groups -OCH3 is 1. The third-order valence-electron chi connectivity index (χ3n) is 4.16. The van der Waals surface area contributed by atoms with E-state index in [4.69, 9.17) is 16.3 Å². The number of ether oxygens (including phenoxy) is 1. The number of hydrogen-bond donors (Lipinski definition) is 0. The molecule has 0 aromatic heterocycles. The quantitative estimate of drug-likeness (QED) is 0.524. The molecule has 0 spiro atoms. The molecule has 3 nitrogen and oxygen atoms in total. The van der Waals surface area contributed by atoms with Gasteiger partial charge in [0.05, 0.1) is 7.11 Å². The summed E-state index contributed by atoms with van der Waals surface area (Å²) in [5, 5.41) is 0.517. The van der Waals surface area contributed by atoms with Crippen LogP contribution in [0.15, 0.2) is 78.9 Å². The Morgan fingerprint density at radius 3 is 2.61 bits per heavy atom. The Balaban J connectivity index is 1.90. The van der Waals surface area contributed by atoms with Gasteiger partial charge in [0.1, 0.15) is 11.6 Å². The first-order valence-electron chi connectivity index (χ1n) is 8.71. The molecule has 0 bridgehead atoms. The maximum absolute atomic E-state index is 13.6. The minimum atomic E-state index is -0.457. The zero-order valence-electron chi connectivity index (χ0n) is 15.3. The van der Waals surface area contributed by atoms with Gasteiger partial charge in [-0.1, -0.05) is 54.1 Å². The smallest absolute Gasteiger partial charge is 0.258 e. The first-order chi connectivity index (χ1) is 13.6. The van der Waals surface area contributed by atoms with Crippen LogP contribution in [0.4, 0.5) is 10.1 Å². The second kappa shape index (κ2) is 9.20. The lowest BCUT2D eigenvalue weighted by atomic mass is 10.1. The van der Waals surface area contributed by atoms with Crippen molar-refractivity contribution in [3.63, 3.8) is 0 Å². The SMILES string of the molecule is COc1ccccc1/C=C/CN(C(=O)c1cccc(F)c1)c1cccc(Cl)c1. The van der Waals surface area contributed by atoms with Crippen LogP contribution in [0, 0.1) is 5.82 Å². The molecule has 1 amide bonds. The van der Waals surface area contributed by atoms with Crippen molar-refractivity contribution in [3.05, 3.63) is 101 Å². The number of halogens is 2. The Hall–Kier alpha value is -3.11. The molecule has 0 N–H and O–H groups in total. The fraction of sp³-hybridized carbons (Fsp3) is 0.0870. The lowest BCUT2D eigenvalue weighted by Gasteiger charge is -2.22. The van der Waals surface area contributed by atoms with Gasteiger partial charge in [-0.15, -0.1) is 0 Å². The van der Waals surface area contributed by atoms with E-state index in [9.17, 15) is 9.18 Å². The number of nitrogens with zero attached hydrogens (tertiary/aromatic N) is 1. The Labute approximate surface area is 168 Å². The predicted molar refractivity (Wildman–Crippen MR) is 112 cm³/mol. The van der Waals surface area contributed by atoms with Gasteiger partial charge in [0, 0.05) is 28.4 Å². The fourth-order valence-corrected chi connectivity index (χ4v) is 3.00. The lowest BCUT2D eigenvalue weighted by Crippen LogP contribution is -2.31. The molecule has 0 heterocycles. The van der Waals surface area contributed by atoms with E-state index in [0.29, 0.717) is 10.7 Å². The van der Waals surface area contributed by atoms with Crippen molar-refractivity contribution in [2.45, 2.75) is 0 Å². The monoisotopic (exact) mass is 395 g/mol. The molecule has 0 saturated heterocycles. The minimum absolute atomic E-state index is 0.269. The third-order valence-corrected chi connectivity index (χ3v) is 4.40. The maximum Gasteiger partial charge on any atom is 0.258 e. The number of hydrogen-bond acceptors (Lipinski definition) is 2. The summed E-state index contributed by atoms with van der Waals surface area (Å²) < 4.78 is 18.9. The summed E-state index contributed by atoms with van der Waals surface area (Å²) in [4.78, 5) is 14.6. The van der Waals surface area contributed by atoms with Crippen LogP contribution in [0.1, 0.15) is 15.9 Å². The van der Waals surface area contributed by atoms with Crippen LogP contribution in [0.2, 0.25) is 5.02 Å². The molecule has 0 aliphatic heterocycles. The highest BCUT2D eigenvalue weighted by molar-refractivity contribution is 6.31. The van der Waals surface area contributed by atoms with Gasteiger partial charge in [-0.2, -0.15) is 0 Å². The molecular formula is C23H19ClFNO2. The number of amides is 1. The Bertz CT molecular complexity index is 1000. The van der Waals surface area contributed by atoms with Gasteiger partial charge in [-0.25, -0.2) is 4.39 Å².